The van der Waals surface area contributed by atoms with Crippen LogP contribution < -0.4 is 10.2 Å². The van der Waals surface area contributed by atoms with Gasteiger partial charge in [0.25, 0.3) is 0 Å². The van der Waals surface area contributed by atoms with Crippen LogP contribution in [0.4, 0.5) is 15.0 Å². The number of benzene rings is 1. The maximum atomic E-state index is 16.0. The normalized spacial score (nSPS) is 25.1. The fourth-order valence-corrected chi connectivity index (χ4v) is 5.26. The molecule has 0 radical (unpaired) electrons. The number of amides is 1. The Morgan fingerprint density at radius 3 is 2.80 bits per heavy atom. The number of anilines is 1. The largest absolute Gasteiger partial charge is 0.507 e. The zero-order chi connectivity index (χ0) is 24.6. The van der Waals surface area contributed by atoms with Crippen LogP contribution >= 0.6 is 11.6 Å². The Bertz CT molecular complexity index is 1200. The van der Waals surface area contributed by atoms with Gasteiger partial charge in [-0.25, -0.2) is 19.1 Å². The van der Waals surface area contributed by atoms with Crippen molar-refractivity contribution in [3.8, 4) is 5.75 Å². The van der Waals surface area contributed by atoms with Gasteiger partial charge in [-0.1, -0.05) is 18.2 Å². The molecule has 8 nitrogen and oxygen atoms in total. The Morgan fingerprint density at radius 2 is 2.06 bits per heavy atom. The number of alkyl halides is 1. The van der Waals surface area contributed by atoms with Crippen LogP contribution in [-0.4, -0.2) is 67.2 Å². The van der Waals surface area contributed by atoms with Crippen molar-refractivity contribution in [1.29, 1.82) is 0 Å². The summed E-state index contributed by atoms with van der Waals surface area (Å²) in [4.78, 5) is 19.0. The Morgan fingerprint density at radius 1 is 1.29 bits per heavy atom. The summed E-state index contributed by atoms with van der Waals surface area (Å²) in [5.41, 5.74) is 1.49. The Labute approximate surface area is 207 Å². The van der Waals surface area contributed by atoms with Crippen LogP contribution in [-0.2, 0) is 14.3 Å². The number of allylic oxidation sites excluding steroid dienone is 4. The molecule has 1 unspecified atom stereocenters. The van der Waals surface area contributed by atoms with Crippen molar-refractivity contribution in [3.63, 3.8) is 0 Å². The Kier molecular flexibility index (Phi) is 6.39. The highest BCUT2D eigenvalue weighted by Crippen LogP contribution is 2.52. The van der Waals surface area contributed by atoms with Crippen LogP contribution in [0.25, 0.3) is 5.57 Å². The van der Waals surface area contributed by atoms with Gasteiger partial charge in [0.2, 0.25) is 0 Å². The second-order valence-electron chi connectivity index (χ2n) is 8.64. The second-order valence-corrected chi connectivity index (χ2v) is 9.28. The van der Waals surface area contributed by atoms with Gasteiger partial charge in [-0.3, -0.25) is 0 Å². The molecule has 1 aromatic heterocycles. The molecule has 3 aliphatic rings. The minimum Gasteiger partial charge on any atom is -0.507 e. The zero-order valence-corrected chi connectivity index (χ0v) is 20.0. The molecule has 184 valence electrons. The van der Waals surface area contributed by atoms with Crippen molar-refractivity contribution >= 4 is 29.1 Å². The lowest BCUT2D eigenvalue weighted by Gasteiger charge is -2.39. The molecule has 1 aliphatic carbocycles. The molecule has 2 aliphatic heterocycles. The molecule has 0 bridgehead atoms. The number of piperazine rings is 1. The second kappa shape index (κ2) is 9.49. The predicted octanol–water partition coefficient (Wildman–Crippen LogP) is 3.72. The number of phenols is 1. The van der Waals surface area contributed by atoms with E-state index in [-0.39, 0.29) is 24.5 Å². The molecule has 3 heterocycles. The first-order valence-corrected chi connectivity index (χ1v) is 11.8. The van der Waals surface area contributed by atoms with Crippen LogP contribution in [0.3, 0.4) is 0 Å². The van der Waals surface area contributed by atoms with E-state index in [2.05, 4.69) is 15.2 Å². The quantitative estimate of drug-likeness (QED) is 0.605. The highest BCUT2D eigenvalue weighted by molar-refractivity contribution is 6.27. The fourth-order valence-electron chi connectivity index (χ4n) is 4.82. The highest BCUT2D eigenvalue weighted by atomic mass is 35.5. The molecule has 1 aromatic carbocycles. The summed E-state index contributed by atoms with van der Waals surface area (Å²) in [5, 5.41) is 13.8. The number of halogens is 2. The average Bonchev–Trinajstić information content (AvgIpc) is 3.24. The molecule has 35 heavy (non-hydrogen) atoms. The summed E-state index contributed by atoms with van der Waals surface area (Å²) >= 11 is 7.35. The van der Waals surface area contributed by atoms with Gasteiger partial charge in [-0.2, -0.15) is 0 Å². The summed E-state index contributed by atoms with van der Waals surface area (Å²) in [6.45, 7) is 3.16. The van der Waals surface area contributed by atoms with E-state index < -0.39 is 23.0 Å². The maximum Gasteiger partial charge on any atom is 0.416 e. The van der Waals surface area contributed by atoms with E-state index in [9.17, 15) is 9.90 Å². The number of aromatic nitrogens is 1. The van der Waals surface area contributed by atoms with Crippen LogP contribution in [0, 0.1) is 0 Å². The molecule has 1 amide bonds. The monoisotopic (exact) mass is 500 g/mol. The molecule has 10 heteroatoms. The lowest BCUT2D eigenvalue weighted by atomic mass is 9.81. The smallest absolute Gasteiger partial charge is 0.416 e. The van der Waals surface area contributed by atoms with E-state index in [1.165, 1.54) is 19.3 Å². The summed E-state index contributed by atoms with van der Waals surface area (Å²) in [5.74, 6) is 0.0290. The molecule has 2 N–H and O–H groups in total. The van der Waals surface area contributed by atoms with E-state index in [4.69, 9.17) is 21.1 Å². The number of para-hydroxylation sites is 1. The van der Waals surface area contributed by atoms with Crippen molar-refractivity contribution in [2.45, 2.75) is 17.5 Å². The first-order valence-electron chi connectivity index (χ1n) is 11.4. The fraction of sp³-hybridized carbons (Fsp3) is 0.360. The zero-order valence-electron chi connectivity index (χ0n) is 19.2. The minimum absolute atomic E-state index is 0.0144. The summed E-state index contributed by atoms with van der Waals surface area (Å²) < 4.78 is 26.6. The van der Waals surface area contributed by atoms with Crippen molar-refractivity contribution in [1.82, 2.24) is 15.2 Å². The Balaban J connectivity index is 1.65. The van der Waals surface area contributed by atoms with Gasteiger partial charge in [-0.05, 0) is 35.4 Å². The van der Waals surface area contributed by atoms with Gasteiger partial charge in [0, 0.05) is 51.5 Å². The van der Waals surface area contributed by atoms with Crippen LogP contribution in [0.5, 0.6) is 5.75 Å². The lowest BCUT2D eigenvalue weighted by Crippen LogP contribution is -2.44. The summed E-state index contributed by atoms with van der Waals surface area (Å²) in [6.07, 6.45) is 1.50. The Hall–Kier alpha value is -3.14. The van der Waals surface area contributed by atoms with E-state index in [1.54, 1.807) is 30.5 Å². The van der Waals surface area contributed by atoms with Crippen LogP contribution in [0.15, 0.2) is 60.2 Å². The number of hydrogen-bond acceptors (Lipinski definition) is 7. The first-order chi connectivity index (χ1) is 16.9. The number of ether oxygens (including phenoxy) is 2. The molecule has 5 rings (SSSR count). The summed E-state index contributed by atoms with van der Waals surface area (Å²) in [6, 6.07) is 10.3. The number of carbonyl (C=O) groups is 1. The van der Waals surface area contributed by atoms with Crippen molar-refractivity contribution < 1.29 is 23.8 Å². The van der Waals surface area contributed by atoms with Gasteiger partial charge in [0.1, 0.15) is 28.9 Å². The average molecular weight is 501 g/mol. The molecule has 2 fully saturated rings. The number of phenolic OH excluding ortho intramolecular Hbond substituents is 1. The lowest BCUT2D eigenvalue weighted by molar-refractivity contribution is 0.0230. The van der Waals surface area contributed by atoms with Crippen molar-refractivity contribution in [3.05, 3.63) is 71.3 Å². The molecular weight excluding hydrogens is 475 g/mol. The van der Waals surface area contributed by atoms with Crippen LogP contribution in [0.1, 0.15) is 17.5 Å². The standard InChI is InChI=1S/C25H26ClFN4O4/c1-34-22-15-35-24(33)31(22)23-19(27)12-16(18-4-2-3-5-20(18)32)14-25(23,26)17-6-7-29-21(13-17)30-10-8-28-9-11-30/h2-7,12-13,22,28,32H,8-11,14-15H2,1H3/t22-,25?/m1/s1. The third kappa shape index (κ3) is 4.24. The number of rotatable bonds is 5. The predicted molar refractivity (Wildman–Crippen MR) is 130 cm³/mol. The van der Waals surface area contributed by atoms with Crippen molar-refractivity contribution in [2.24, 2.45) is 0 Å². The number of methoxy groups -OCH3 is 1. The number of hydrogen-bond donors (Lipinski definition) is 2. The van der Waals surface area contributed by atoms with E-state index in [0.717, 1.165) is 36.9 Å². The molecule has 2 aromatic rings. The first kappa shape index (κ1) is 23.6. The number of pyridine rings is 1. The molecule has 0 spiro atoms. The number of carbonyl (C=O) groups excluding carboxylic acids is 1. The minimum atomic E-state index is -1.50. The van der Waals surface area contributed by atoms with Gasteiger partial charge in [0.15, 0.2) is 6.23 Å². The third-order valence-corrected chi connectivity index (χ3v) is 7.11. The van der Waals surface area contributed by atoms with Gasteiger partial charge >= 0.3 is 6.09 Å². The third-order valence-electron chi connectivity index (χ3n) is 6.58. The molecule has 0 saturated carbocycles. The van der Waals surface area contributed by atoms with Gasteiger partial charge in [0.05, 0.1) is 5.70 Å². The SMILES string of the molecule is CO[C@@H]1COC(=O)N1C1=C(F)C=C(c2ccccc2O)CC1(Cl)c1ccnc(N2CCNCC2)c1. The number of cyclic esters (lactones) is 1. The topological polar surface area (TPSA) is 87.2 Å². The van der Waals surface area contributed by atoms with E-state index in [0.29, 0.717) is 16.7 Å². The van der Waals surface area contributed by atoms with Crippen LogP contribution in [0.2, 0.25) is 0 Å². The molecule has 2 saturated heterocycles. The molecular formula is C25H26ClFN4O4. The maximum absolute atomic E-state index is 16.0. The number of nitrogens with one attached hydrogen (secondary N) is 1. The highest BCUT2D eigenvalue weighted by Gasteiger charge is 2.50. The van der Waals surface area contributed by atoms with Crippen molar-refractivity contribution in [2.75, 3.05) is 44.8 Å². The number of aromatic hydroxyl groups is 1. The number of nitrogens with zero attached hydrogens (tertiary/aromatic N) is 3. The van der Waals surface area contributed by atoms with E-state index in [1.807, 2.05) is 6.07 Å². The summed E-state index contributed by atoms with van der Waals surface area (Å²) in [7, 11) is 1.43. The van der Waals surface area contributed by atoms with E-state index >= 15 is 4.39 Å². The molecule has 2 atom stereocenters. The van der Waals surface area contributed by atoms with Gasteiger partial charge < -0.3 is 24.8 Å². The van der Waals surface area contributed by atoms with Gasteiger partial charge in [-0.15, -0.1) is 11.6 Å².